The van der Waals surface area contributed by atoms with Crippen LogP contribution >= 0.6 is 0 Å². The van der Waals surface area contributed by atoms with Crippen LogP contribution in [0, 0.1) is 5.41 Å². The molecule has 0 unspecified atom stereocenters. The molecular formula is C16H22N2O. The highest BCUT2D eigenvalue weighted by Crippen LogP contribution is 2.41. The fourth-order valence-corrected chi connectivity index (χ4v) is 3.65. The second-order valence-electron chi connectivity index (χ2n) is 6.10. The first-order valence-electron chi connectivity index (χ1n) is 7.17. The van der Waals surface area contributed by atoms with E-state index in [1.54, 1.807) is 0 Å². The van der Waals surface area contributed by atoms with Crippen LogP contribution in [0.4, 0.5) is 0 Å². The highest BCUT2D eigenvalue weighted by Gasteiger charge is 2.52. The van der Waals surface area contributed by atoms with Crippen molar-refractivity contribution in [1.29, 1.82) is 0 Å². The highest BCUT2D eigenvalue weighted by molar-refractivity contribution is 5.88. The molecule has 0 aromatic heterocycles. The molecule has 1 amide bonds. The lowest BCUT2D eigenvalue weighted by atomic mass is 9.72. The van der Waals surface area contributed by atoms with Crippen molar-refractivity contribution in [2.75, 3.05) is 26.7 Å². The summed E-state index contributed by atoms with van der Waals surface area (Å²) in [6, 6.07) is 11.0. The van der Waals surface area contributed by atoms with Crippen LogP contribution in [0.3, 0.4) is 0 Å². The summed E-state index contributed by atoms with van der Waals surface area (Å²) in [4.78, 5) is 16.5. The summed E-state index contributed by atoms with van der Waals surface area (Å²) in [5, 5.41) is 0. The summed E-state index contributed by atoms with van der Waals surface area (Å²) in [6.07, 6.45) is 2.20. The molecule has 1 aromatic rings. The maximum atomic E-state index is 12.1. The minimum absolute atomic E-state index is 0.0734. The van der Waals surface area contributed by atoms with Crippen LogP contribution < -0.4 is 0 Å². The van der Waals surface area contributed by atoms with Crippen molar-refractivity contribution in [3.63, 3.8) is 0 Å². The molecule has 102 valence electrons. The fourth-order valence-electron chi connectivity index (χ4n) is 3.65. The van der Waals surface area contributed by atoms with E-state index in [1.165, 1.54) is 5.56 Å². The van der Waals surface area contributed by atoms with E-state index in [-0.39, 0.29) is 5.41 Å². The van der Waals surface area contributed by atoms with Gasteiger partial charge in [-0.15, -0.1) is 0 Å². The zero-order valence-corrected chi connectivity index (χ0v) is 11.8. The molecule has 3 nitrogen and oxygen atoms in total. The zero-order chi connectivity index (χ0) is 13.5. The summed E-state index contributed by atoms with van der Waals surface area (Å²) in [5.41, 5.74) is 1.27. The summed E-state index contributed by atoms with van der Waals surface area (Å²) >= 11 is 0. The van der Waals surface area contributed by atoms with E-state index >= 15 is 0 Å². The smallest absolute Gasteiger partial charge is 0.231 e. The highest BCUT2D eigenvalue weighted by atomic mass is 16.2. The predicted molar refractivity (Wildman–Crippen MR) is 75.7 cm³/mol. The molecule has 3 heteroatoms. The SMILES string of the molecule is C[C@@H](c1ccccc1)N1CCC[C@@]2(CN(C)C2=O)C1. The lowest BCUT2D eigenvalue weighted by Crippen LogP contribution is -2.65. The Morgan fingerprint density at radius 2 is 1.95 bits per heavy atom. The van der Waals surface area contributed by atoms with Gasteiger partial charge in [-0.25, -0.2) is 0 Å². The van der Waals surface area contributed by atoms with Gasteiger partial charge in [0.1, 0.15) is 0 Å². The van der Waals surface area contributed by atoms with E-state index in [4.69, 9.17) is 0 Å². The second-order valence-corrected chi connectivity index (χ2v) is 6.10. The van der Waals surface area contributed by atoms with Crippen molar-refractivity contribution in [2.24, 2.45) is 5.41 Å². The molecule has 1 spiro atoms. The number of nitrogens with zero attached hydrogens (tertiary/aromatic N) is 2. The number of carbonyl (C=O) groups is 1. The Morgan fingerprint density at radius 1 is 1.21 bits per heavy atom. The number of hydrogen-bond acceptors (Lipinski definition) is 2. The zero-order valence-electron chi connectivity index (χ0n) is 11.8. The monoisotopic (exact) mass is 258 g/mol. The molecule has 2 heterocycles. The Balaban J connectivity index is 1.74. The van der Waals surface area contributed by atoms with Crippen LogP contribution in [0.5, 0.6) is 0 Å². The Kier molecular flexibility index (Phi) is 3.09. The van der Waals surface area contributed by atoms with Crippen LogP contribution in [0.1, 0.15) is 31.4 Å². The number of likely N-dealkylation sites (tertiary alicyclic amines) is 2. The number of rotatable bonds is 2. The van der Waals surface area contributed by atoms with E-state index in [9.17, 15) is 4.79 Å². The predicted octanol–water partition coefficient (Wildman–Crippen LogP) is 2.30. The fraction of sp³-hybridized carbons (Fsp3) is 0.562. The lowest BCUT2D eigenvalue weighted by molar-refractivity contribution is -0.164. The van der Waals surface area contributed by atoms with Crippen LogP contribution in [0.25, 0.3) is 0 Å². The molecule has 0 N–H and O–H groups in total. The van der Waals surface area contributed by atoms with Gasteiger partial charge < -0.3 is 4.90 Å². The van der Waals surface area contributed by atoms with Crippen molar-refractivity contribution < 1.29 is 4.79 Å². The van der Waals surface area contributed by atoms with Gasteiger partial charge in [0.25, 0.3) is 0 Å². The molecule has 2 saturated heterocycles. The third-order valence-electron chi connectivity index (χ3n) is 4.78. The van der Waals surface area contributed by atoms with Crippen LogP contribution in [-0.2, 0) is 4.79 Å². The van der Waals surface area contributed by atoms with Gasteiger partial charge in [0, 0.05) is 26.2 Å². The lowest BCUT2D eigenvalue weighted by Gasteiger charge is -2.53. The first-order chi connectivity index (χ1) is 9.12. The first-order valence-corrected chi connectivity index (χ1v) is 7.17. The van der Waals surface area contributed by atoms with Crippen molar-refractivity contribution in [3.05, 3.63) is 35.9 Å². The molecule has 0 saturated carbocycles. The third-order valence-corrected chi connectivity index (χ3v) is 4.78. The molecule has 2 atom stereocenters. The largest absolute Gasteiger partial charge is 0.344 e. The molecule has 1 aromatic carbocycles. The van der Waals surface area contributed by atoms with Gasteiger partial charge in [-0.1, -0.05) is 30.3 Å². The minimum Gasteiger partial charge on any atom is -0.344 e. The van der Waals surface area contributed by atoms with Crippen LogP contribution in [0.15, 0.2) is 30.3 Å². The van der Waals surface area contributed by atoms with E-state index in [2.05, 4.69) is 42.2 Å². The maximum Gasteiger partial charge on any atom is 0.231 e. The number of benzene rings is 1. The molecule has 0 bridgehead atoms. The molecule has 0 radical (unpaired) electrons. The van der Waals surface area contributed by atoms with E-state index in [0.717, 1.165) is 32.5 Å². The average Bonchev–Trinajstić information content (AvgIpc) is 2.47. The first kappa shape index (κ1) is 12.7. The number of hydrogen-bond donors (Lipinski definition) is 0. The summed E-state index contributed by atoms with van der Waals surface area (Å²) in [6.45, 7) is 5.21. The van der Waals surface area contributed by atoms with E-state index in [1.807, 2.05) is 11.9 Å². The van der Waals surface area contributed by atoms with Gasteiger partial charge in [-0.2, -0.15) is 0 Å². The molecule has 19 heavy (non-hydrogen) atoms. The minimum atomic E-state index is -0.0734. The van der Waals surface area contributed by atoms with Gasteiger partial charge in [-0.05, 0) is 31.9 Å². The average molecular weight is 258 g/mol. The maximum absolute atomic E-state index is 12.1. The molecule has 2 aliphatic heterocycles. The van der Waals surface area contributed by atoms with Crippen molar-refractivity contribution in [2.45, 2.75) is 25.8 Å². The molecule has 3 rings (SSSR count). The van der Waals surface area contributed by atoms with Gasteiger partial charge >= 0.3 is 0 Å². The van der Waals surface area contributed by atoms with Gasteiger partial charge in [0.15, 0.2) is 0 Å². The summed E-state index contributed by atoms with van der Waals surface area (Å²) in [5.74, 6) is 0.345. The van der Waals surface area contributed by atoms with Crippen molar-refractivity contribution >= 4 is 5.91 Å². The number of amides is 1. The third kappa shape index (κ3) is 2.06. The quantitative estimate of drug-likeness (QED) is 0.760. The molecule has 2 fully saturated rings. The standard InChI is InChI=1S/C16H22N2O/c1-13(14-7-4-3-5-8-14)18-10-6-9-16(12-18)11-17(2)15(16)19/h3-5,7-8,13H,6,9-12H2,1-2H3/t13-,16+/m0/s1. The number of piperidine rings is 1. The molecule has 2 aliphatic rings. The Hall–Kier alpha value is -1.35. The summed E-state index contributed by atoms with van der Waals surface area (Å²) in [7, 11) is 1.91. The Bertz CT molecular complexity index is 469. The number of carbonyl (C=O) groups excluding carboxylic acids is 1. The van der Waals surface area contributed by atoms with Crippen LogP contribution in [-0.4, -0.2) is 42.4 Å². The van der Waals surface area contributed by atoms with Crippen molar-refractivity contribution in [3.8, 4) is 0 Å². The second kappa shape index (κ2) is 4.64. The normalized spacial score (nSPS) is 29.4. The Labute approximate surface area is 115 Å². The van der Waals surface area contributed by atoms with Gasteiger partial charge in [0.05, 0.1) is 5.41 Å². The molecule has 0 aliphatic carbocycles. The van der Waals surface area contributed by atoms with Gasteiger partial charge in [0.2, 0.25) is 5.91 Å². The Morgan fingerprint density at radius 3 is 2.58 bits per heavy atom. The van der Waals surface area contributed by atoms with Crippen LogP contribution in [0.2, 0.25) is 0 Å². The number of β-lactam (4-membered cyclic amide) rings is 1. The van der Waals surface area contributed by atoms with Gasteiger partial charge in [-0.3, -0.25) is 9.69 Å². The van der Waals surface area contributed by atoms with E-state index < -0.39 is 0 Å². The van der Waals surface area contributed by atoms with Crippen molar-refractivity contribution in [1.82, 2.24) is 9.80 Å². The molecular weight excluding hydrogens is 236 g/mol. The summed E-state index contributed by atoms with van der Waals surface area (Å²) < 4.78 is 0. The topological polar surface area (TPSA) is 23.6 Å². The van der Waals surface area contributed by atoms with E-state index in [0.29, 0.717) is 11.9 Å².